The number of aliphatic hydroxyl groups excluding tert-OH is 2. The number of aromatic amines is 2. The minimum Gasteiger partial charge on any atom is -0.484 e. The van der Waals surface area contributed by atoms with E-state index in [9.17, 15) is 5.11 Å². The molecule has 4 N–H and O–H groups in total. The maximum atomic E-state index is 9.79. The molecule has 2 aromatic carbocycles. The van der Waals surface area contributed by atoms with Crippen molar-refractivity contribution in [2.75, 3.05) is 19.8 Å². The van der Waals surface area contributed by atoms with Crippen molar-refractivity contribution < 1.29 is 24.2 Å². The average Bonchev–Trinajstić information content (AvgIpc) is 3.33. The summed E-state index contributed by atoms with van der Waals surface area (Å²) in [5.41, 5.74) is 3.11. The number of aliphatic hydroxyl groups is 2. The Labute approximate surface area is 160 Å². The minimum atomic E-state index is -1.21. The second-order valence-corrected chi connectivity index (χ2v) is 6.01. The molecule has 10 heteroatoms. The molecule has 2 heterocycles. The van der Waals surface area contributed by atoms with Gasteiger partial charge in [-0.25, -0.2) is 4.98 Å². The summed E-state index contributed by atoms with van der Waals surface area (Å²) in [6.07, 6.45) is -0.819. The lowest BCUT2D eigenvalue weighted by Crippen LogP contribution is -2.34. The Hall–Kier alpha value is -2.92. The number of para-hydroxylation sites is 4. The molecule has 0 aliphatic rings. The summed E-state index contributed by atoms with van der Waals surface area (Å²) in [6.45, 7) is -0.566. The van der Waals surface area contributed by atoms with E-state index >= 15 is 0 Å². The van der Waals surface area contributed by atoms with Gasteiger partial charge in [-0.15, -0.1) is 0 Å². The smallest absolute Gasteiger partial charge is 0.484 e. The molecule has 9 nitrogen and oxygen atoms in total. The third-order valence-corrected chi connectivity index (χ3v) is 4.07. The van der Waals surface area contributed by atoms with Crippen LogP contribution in [0.4, 0.5) is 0 Å². The van der Waals surface area contributed by atoms with Crippen molar-refractivity contribution in [1.29, 1.82) is 0 Å². The summed E-state index contributed by atoms with van der Waals surface area (Å²) >= 11 is 0. The van der Waals surface area contributed by atoms with Crippen LogP contribution in [0.5, 0.6) is 6.01 Å². The monoisotopic (exact) mass is 382 g/mol. The molecule has 4 aromatic rings. The van der Waals surface area contributed by atoms with E-state index in [-0.39, 0.29) is 25.8 Å². The third-order valence-electron chi connectivity index (χ3n) is 4.07. The molecule has 1 unspecified atom stereocenters. The molecular weight excluding hydrogens is 363 g/mol. The largest absolute Gasteiger partial charge is 0.715 e. The molecule has 28 heavy (non-hydrogen) atoms. The summed E-state index contributed by atoms with van der Waals surface area (Å²) in [7, 11) is -1.21. The SMILES string of the molecule is OCCOB(Oc1nc2ccccc2[nH]1)OC(CO)c1nc2ccccc2[nH]1. The molecule has 0 fully saturated rings. The van der Waals surface area contributed by atoms with E-state index in [0.717, 1.165) is 22.1 Å². The zero-order valence-corrected chi connectivity index (χ0v) is 14.9. The van der Waals surface area contributed by atoms with Crippen LogP contribution in [0.3, 0.4) is 0 Å². The molecule has 4 rings (SSSR count). The van der Waals surface area contributed by atoms with Crippen molar-refractivity contribution in [2.45, 2.75) is 6.10 Å². The summed E-state index contributed by atoms with van der Waals surface area (Å²) in [5, 5.41) is 18.9. The first kappa shape index (κ1) is 18.4. The van der Waals surface area contributed by atoms with Gasteiger partial charge >= 0.3 is 7.32 Å². The zero-order chi connectivity index (χ0) is 19.3. The number of aromatic nitrogens is 4. The predicted molar refractivity (Wildman–Crippen MR) is 103 cm³/mol. The fourth-order valence-electron chi connectivity index (χ4n) is 2.78. The van der Waals surface area contributed by atoms with Crippen LogP contribution in [0.2, 0.25) is 0 Å². The molecule has 0 aliphatic carbocycles. The highest BCUT2D eigenvalue weighted by molar-refractivity contribution is 6.37. The first-order valence-electron chi connectivity index (χ1n) is 8.81. The van der Waals surface area contributed by atoms with E-state index in [0.29, 0.717) is 5.82 Å². The quantitative estimate of drug-likeness (QED) is 0.324. The average molecular weight is 382 g/mol. The van der Waals surface area contributed by atoms with Crippen molar-refractivity contribution in [1.82, 2.24) is 19.9 Å². The highest BCUT2D eigenvalue weighted by atomic mass is 16.7. The van der Waals surface area contributed by atoms with Gasteiger partial charge in [0.2, 0.25) is 0 Å². The Morgan fingerprint density at radius 2 is 1.61 bits per heavy atom. The van der Waals surface area contributed by atoms with Crippen molar-refractivity contribution >= 4 is 29.4 Å². The molecule has 2 aromatic heterocycles. The van der Waals surface area contributed by atoms with Crippen molar-refractivity contribution in [3.63, 3.8) is 0 Å². The molecule has 0 radical (unpaired) electrons. The molecule has 0 saturated carbocycles. The van der Waals surface area contributed by atoms with Crippen LogP contribution < -0.4 is 4.65 Å². The molecule has 0 aliphatic heterocycles. The van der Waals surface area contributed by atoms with E-state index < -0.39 is 13.4 Å². The maximum Gasteiger partial charge on any atom is 0.715 e. The number of imidazole rings is 2. The van der Waals surface area contributed by atoms with E-state index in [1.54, 1.807) is 0 Å². The number of hydrogen-bond acceptors (Lipinski definition) is 7. The lowest BCUT2D eigenvalue weighted by Gasteiger charge is -2.18. The van der Waals surface area contributed by atoms with Crippen LogP contribution >= 0.6 is 0 Å². The first-order chi connectivity index (χ1) is 13.8. The first-order valence-corrected chi connectivity index (χ1v) is 8.81. The van der Waals surface area contributed by atoms with Gasteiger partial charge in [-0.1, -0.05) is 24.3 Å². The van der Waals surface area contributed by atoms with E-state index in [1.165, 1.54) is 0 Å². The molecule has 144 valence electrons. The Kier molecular flexibility index (Phi) is 5.54. The van der Waals surface area contributed by atoms with Crippen LogP contribution in [0.25, 0.3) is 22.1 Å². The zero-order valence-electron chi connectivity index (χ0n) is 14.9. The van der Waals surface area contributed by atoms with Crippen LogP contribution in [0, 0.1) is 0 Å². The number of nitrogens with zero attached hydrogens (tertiary/aromatic N) is 2. The van der Waals surface area contributed by atoms with Gasteiger partial charge in [-0.3, -0.25) is 0 Å². The van der Waals surface area contributed by atoms with E-state index in [1.807, 2.05) is 48.5 Å². The number of hydrogen-bond donors (Lipinski definition) is 4. The summed E-state index contributed by atoms with van der Waals surface area (Å²) < 4.78 is 16.8. The topological polar surface area (TPSA) is 126 Å². The Balaban J connectivity index is 1.53. The lowest BCUT2D eigenvalue weighted by molar-refractivity contribution is 0.0412. The van der Waals surface area contributed by atoms with Crippen LogP contribution in [0.15, 0.2) is 48.5 Å². The Morgan fingerprint density at radius 3 is 2.25 bits per heavy atom. The second-order valence-electron chi connectivity index (χ2n) is 6.01. The normalized spacial score (nSPS) is 12.5. The molecule has 0 saturated heterocycles. The number of fused-ring (bicyclic) bond motifs is 2. The van der Waals surface area contributed by atoms with Crippen molar-refractivity contribution in [2.24, 2.45) is 0 Å². The summed E-state index contributed by atoms with van der Waals surface area (Å²) in [4.78, 5) is 14.9. The van der Waals surface area contributed by atoms with E-state index in [4.69, 9.17) is 19.1 Å². The lowest BCUT2D eigenvalue weighted by atomic mass is 10.2. The fraction of sp³-hybridized carbons (Fsp3) is 0.222. The fourth-order valence-corrected chi connectivity index (χ4v) is 2.78. The maximum absolute atomic E-state index is 9.79. The van der Waals surface area contributed by atoms with E-state index in [2.05, 4.69) is 19.9 Å². The van der Waals surface area contributed by atoms with Crippen molar-refractivity contribution in [3.05, 3.63) is 54.4 Å². The van der Waals surface area contributed by atoms with Crippen molar-refractivity contribution in [3.8, 4) is 6.01 Å². The van der Waals surface area contributed by atoms with Gasteiger partial charge in [0, 0.05) is 0 Å². The summed E-state index contributed by atoms with van der Waals surface area (Å²) in [6, 6.07) is 15.1. The highest BCUT2D eigenvalue weighted by Gasteiger charge is 2.31. The number of rotatable bonds is 9. The highest BCUT2D eigenvalue weighted by Crippen LogP contribution is 2.21. The number of H-pyrrole nitrogens is 2. The van der Waals surface area contributed by atoms with Gasteiger partial charge in [0.25, 0.3) is 6.01 Å². The molecule has 1 atom stereocenters. The predicted octanol–water partition coefficient (Wildman–Crippen LogP) is 1.56. The molecule has 0 amide bonds. The van der Waals surface area contributed by atoms with Gasteiger partial charge in [0.15, 0.2) is 0 Å². The van der Waals surface area contributed by atoms with Gasteiger partial charge in [0.1, 0.15) is 11.9 Å². The third kappa shape index (κ3) is 4.00. The minimum absolute atomic E-state index is 0.0107. The summed E-state index contributed by atoms with van der Waals surface area (Å²) in [5.74, 6) is 0.439. The molecule has 0 spiro atoms. The molecule has 0 bridgehead atoms. The molecular formula is C18H19BN4O5. The van der Waals surface area contributed by atoms with Crippen LogP contribution in [-0.2, 0) is 9.31 Å². The van der Waals surface area contributed by atoms with Crippen LogP contribution in [-0.4, -0.2) is 57.3 Å². The number of nitrogens with one attached hydrogen (secondary N) is 2. The van der Waals surface area contributed by atoms with Gasteiger partial charge in [-0.05, 0) is 24.3 Å². The standard InChI is InChI=1S/C18H19BN4O5/c24-9-10-26-19(28-18-22-14-7-3-4-8-15(14)23-18)27-16(11-25)17-20-12-5-1-2-6-13(12)21-17/h1-8,16,24-25H,9-11H2,(H,20,21)(H,22,23). The van der Waals surface area contributed by atoms with Gasteiger partial charge in [-0.2, -0.15) is 4.98 Å². The van der Waals surface area contributed by atoms with Gasteiger partial charge in [0.05, 0.1) is 41.9 Å². The van der Waals surface area contributed by atoms with Crippen LogP contribution in [0.1, 0.15) is 11.9 Å². The Morgan fingerprint density at radius 1 is 0.929 bits per heavy atom. The Bertz CT molecular complexity index is 987. The second kappa shape index (κ2) is 8.40. The van der Waals surface area contributed by atoms with Gasteiger partial charge < -0.3 is 34.1 Å². The number of benzene rings is 2.